The van der Waals surface area contributed by atoms with Crippen LogP contribution in [0.25, 0.3) is 33.4 Å². The fourth-order valence-electron chi connectivity index (χ4n) is 4.58. The van der Waals surface area contributed by atoms with Gasteiger partial charge in [0.05, 0.1) is 35.8 Å². The van der Waals surface area contributed by atoms with Gasteiger partial charge < -0.3 is 21.3 Å². The zero-order valence-electron chi connectivity index (χ0n) is 19.7. The van der Waals surface area contributed by atoms with Crippen molar-refractivity contribution in [1.29, 1.82) is 0 Å². The predicted octanol–water partition coefficient (Wildman–Crippen LogP) is 3.87. The number of amides is 1. The number of alkyl halides is 3. The van der Waals surface area contributed by atoms with E-state index in [4.69, 9.17) is 16.2 Å². The number of anilines is 1. The molecule has 0 saturated carbocycles. The summed E-state index contributed by atoms with van der Waals surface area (Å²) in [4.78, 5) is 20.0. The number of aromatic nitrogens is 4. The average molecular weight is 528 g/mol. The van der Waals surface area contributed by atoms with E-state index in [1.54, 1.807) is 16.8 Å². The molecule has 0 spiro atoms. The Bertz CT molecular complexity index is 1620. The minimum Gasteiger partial charge on any atom is -0.496 e. The van der Waals surface area contributed by atoms with Crippen LogP contribution >= 0.6 is 0 Å². The molecular weight excluding hydrogens is 508 g/mol. The van der Waals surface area contributed by atoms with Crippen LogP contribution in [-0.4, -0.2) is 44.0 Å². The van der Waals surface area contributed by atoms with E-state index in [0.29, 0.717) is 40.8 Å². The summed E-state index contributed by atoms with van der Waals surface area (Å²) >= 11 is 0. The van der Waals surface area contributed by atoms with Crippen molar-refractivity contribution in [3.05, 3.63) is 65.8 Å². The maximum absolute atomic E-state index is 15.3. The Morgan fingerprint density at radius 2 is 1.95 bits per heavy atom. The molecule has 0 bridgehead atoms. The van der Waals surface area contributed by atoms with Gasteiger partial charge in [-0.25, -0.2) is 19.0 Å². The van der Waals surface area contributed by atoms with Crippen LogP contribution in [0.4, 0.5) is 23.4 Å². The van der Waals surface area contributed by atoms with Crippen molar-refractivity contribution >= 4 is 22.8 Å². The molecule has 5 N–H and O–H groups in total. The van der Waals surface area contributed by atoms with Crippen molar-refractivity contribution in [3.8, 4) is 28.1 Å². The van der Waals surface area contributed by atoms with Crippen LogP contribution in [-0.2, 0) is 6.18 Å². The van der Waals surface area contributed by atoms with Crippen LogP contribution < -0.4 is 16.2 Å². The number of fused-ring (bicyclic) bond motifs is 1. The third kappa shape index (κ3) is 4.10. The number of allylic oxidation sites excluding steroid dienone is 1. The molecular formula is C25H20F4N6O3. The molecule has 4 aromatic rings. The largest absolute Gasteiger partial charge is 0.496 e. The molecule has 196 valence electrons. The Kier molecular flexibility index (Phi) is 6.02. The van der Waals surface area contributed by atoms with Crippen LogP contribution in [0.5, 0.6) is 5.75 Å². The van der Waals surface area contributed by atoms with Crippen molar-refractivity contribution in [2.75, 3.05) is 12.8 Å². The number of methoxy groups -OCH3 is 1. The fourth-order valence-corrected chi connectivity index (χ4v) is 4.58. The second kappa shape index (κ2) is 9.10. The Morgan fingerprint density at radius 3 is 2.58 bits per heavy atom. The molecule has 2 aromatic heterocycles. The number of benzene rings is 2. The maximum Gasteiger partial charge on any atom is 0.417 e. The van der Waals surface area contributed by atoms with Crippen LogP contribution in [0.1, 0.15) is 28.4 Å². The number of nitrogens with two attached hydrogens (primary N) is 2. The molecule has 2 aromatic carbocycles. The van der Waals surface area contributed by atoms with Gasteiger partial charge in [0, 0.05) is 23.1 Å². The highest BCUT2D eigenvalue weighted by Gasteiger charge is 2.37. The van der Waals surface area contributed by atoms with Gasteiger partial charge in [0.1, 0.15) is 29.4 Å². The van der Waals surface area contributed by atoms with Gasteiger partial charge in [-0.3, -0.25) is 4.79 Å². The summed E-state index contributed by atoms with van der Waals surface area (Å²) in [6.07, 6.45) is -0.557. The van der Waals surface area contributed by atoms with E-state index in [-0.39, 0.29) is 23.2 Å². The van der Waals surface area contributed by atoms with Gasteiger partial charge in [-0.2, -0.15) is 18.3 Å². The number of halogens is 4. The van der Waals surface area contributed by atoms with Gasteiger partial charge in [0.2, 0.25) is 0 Å². The van der Waals surface area contributed by atoms with Crippen LogP contribution in [0.3, 0.4) is 0 Å². The van der Waals surface area contributed by atoms with E-state index < -0.39 is 40.7 Å². The molecule has 9 nitrogen and oxygen atoms in total. The summed E-state index contributed by atoms with van der Waals surface area (Å²) in [7, 11) is 1.21. The molecule has 2 heterocycles. The first-order chi connectivity index (χ1) is 18.0. The quantitative estimate of drug-likeness (QED) is 0.264. The summed E-state index contributed by atoms with van der Waals surface area (Å²) in [6.45, 7) is 0. The minimum atomic E-state index is -4.93. The van der Waals surface area contributed by atoms with Crippen LogP contribution in [0, 0.1) is 5.82 Å². The number of nitrogen functional groups attached to an aromatic ring is 1. The monoisotopic (exact) mass is 528 g/mol. The Balaban J connectivity index is 1.72. The Labute approximate surface area is 212 Å². The highest BCUT2D eigenvalue weighted by molar-refractivity contribution is 5.99. The van der Waals surface area contributed by atoms with Gasteiger partial charge in [0.15, 0.2) is 5.65 Å². The molecule has 0 fully saturated rings. The zero-order chi connectivity index (χ0) is 27.4. The van der Waals surface area contributed by atoms with Crippen molar-refractivity contribution in [2.45, 2.75) is 24.7 Å². The first kappa shape index (κ1) is 25.1. The predicted molar refractivity (Wildman–Crippen MR) is 129 cm³/mol. The number of carbonyl (C=O) groups is 1. The molecule has 1 aliphatic rings. The van der Waals surface area contributed by atoms with E-state index in [1.165, 1.54) is 31.6 Å². The normalized spacial score (nSPS) is 17.3. The summed E-state index contributed by atoms with van der Waals surface area (Å²) in [5.74, 6) is -2.65. The van der Waals surface area contributed by atoms with Crippen LogP contribution in [0.2, 0.25) is 0 Å². The standard InChI is InChI=1S/C25H20F4N6O3/c1-38-17-8-11(2-5-14(17)18-16(25(27,28)29)7-6-15(20(18)26)23(31)37)21-19-22(30)32-10-33-24(19)35(34-21)12-3-4-13(36)9-12/h2-8,10,12-13,36H,9H2,1H3,(H2,31,37)(H2,30,32,33). The van der Waals surface area contributed by atoms with E-state index in [2.05, 4.69) is 15.1 Å². The van der Waals surface area contributed by atoms with Crippen molar-refractivity contribution in [2.24, 2.45) is 5.73 Å². The van der Waals surface area contributed by atoms with Gasteiger partial charge in [-0.1, -0.05) is 18.2 Å². The first-order valence-electron chi connectivity index (χ1n) is 11.2. The molecule has 5 rings (SSSR count). The molecule has 0 saturated heterocycles. The number of carbonyl (C=O) groups excluding carboxylic acids is 1. The lowest BCUT2D eigenvalue weighted by Crippen LogP contribution is -2.17. The molecule has 2 unspecified atom stereocenters. The summed E-state index contributed by atoms with van der Waals surface area (Å²) in [5, 5.41) is 14.9. The number of nitrogens with zero attached hydrogens (tertiary/aromatic N) is 4. The van der Waals surface area contributed by atoms with E-state index >= 15 is 4.39 Å². The minimum absolute atomic E-state index is 0.112. The molecule has 0 radical (unpaired) electrons. The number of hydrogen-bond donors (Lipinski definition) is 3. The number of rotatable bonds is 5. The number of primary amides is 1. The fraction of sp³-hybridized carbons (Fsp3) is 0.200. The lowest BCUT2D eigenvalue weighted by atomic mass is 9.93. The van der Waals surface area contributed by atoms with Gasteiger partial charge in [-0.15, -0.1) is 0 Å². The van der Waals surface area contributed by atoms with Crippen molar-refractivity contribution in [1.82, 2.24) is 19.7 Å². The van der Waals surface area contributed by atoms with E-state index in [9.17, 15) is 23.1 Å². The molecule has 1 amide bonds. The second-order valence-corrected chi connectivity index (χ2v) is 8.63. The van der Waals surface area contributed by atoms with Gasteiger partial charge >= 0.3 is 6.18 Å². The molecule has 1 aliphatic carbocycles. The summed E-state index contributed by atoms with van der Waals surface area (Å²) in [5.41, 5.74) is 9.26. The number of hydrogen-bond acceptors (Lipinski definition) is 7. The highest BCUT2D eigenvalue weighted by atomic mass is 19.4. The third-order valence-corrected chi connectivity index (χ3v) is 6.33. The first-order valence-corrected chi connectivity index (χ1v) is 11.2. The van der Waals surface area contributed by atoms with Gasteiger partial charge in [-0.05, 0) is 24.3 Å². The van der Waals surface area contributed by atoms with Crippen LogP contribution in [0.15, 0.2) is 48.8 Å². The summed E-state index contributed by atoms with van der Waals surface area (Å²) < 4.78 is 63.7. The summed E-state index contributed by atoms with van der Waals surface area (Å²) in [6, 6.07) is 5.01. The average Bonchev–Trinajstić information content (AvgIpc) is 3.47. The zero-order valence-corrected chi connectivity index (χ0v) is 19.7. The molecule has 0 aliphatic heterocycles. The third-order valence-electron chi connectivity index (χ3n) is 6.33. The lowest BCUT2D eigenvalue weighted by Gasteiger charge is -2.18. The Morgan fingerprint density at radius 1 is 1.18 bits per heavy atom. The van der Waals surface area contributed by atoms with Crippen molar-refractivity contribution in [3.63, 3.8) is 0 Å². The maximum atomic E-state index is 15.3. The number of ether oxygens (including phenoxy) is 1. The van der Waals surface area contributed by atoms with Gasteiger partial charge in [0.25, 0.3) is 5.91 Å². The highest BCUT2D eigenvalue weighted by Crippen LogP contribution is 2.44. The van der Waals surface area contributed by atoms with E-state index in [1.807, 2.05) is 0 Å². The molecule has 38 heavy (non-hydrogen) atoms. The number of aliphatic hydroxyl groups is 1. The molecule has 2 atom stereocenters. The van der Waals surface area contributed by atoms with E-state index in [0.717, 1.165) is 0 Å². The topological polar surface area (TPSA) is 142 Å². The SMILES string of the molecule is COc1cc(-c2nn(C3C=CC(O)C3)c3ncnc(N)c23)ccc1-c1c(C(F)(F)F)ccc(C(N)=O)c1F. The van der Waals surface area contributed by atoms with Crippen molar-refractivity contribution < 1.29 is 32.2 Å². The molecule has 13 heteroatoms. The lowest BCUT2D eigenvalue weighted by molar-refractivity contribution is -0.137. The smallest absolute Gasteiger partial charge is 0.417 e. The number of aliphatic hydroxyl groups excluding tert-OH is 1. The Hall–Kier alpha value is -4.52. The second-order valence-electron chi connectivity index (χ2n) is 8.63.